The van der Waals surface area contributed by atoms with Crippen molar-refractivity contribution in [1.29, 1.82) is 0 Å². The molecule has 0 aliphatic rings. The molecule has 4 aromatic rings. The average molecular weight is 552 g/mol. The molecule has 0 aliphatic carbocycles. The molecule has 1 N–H and O–H groups in total. The van der Waals surface area contributed by atoms with E-state index >= 15 is 0 Å². The second-order valence-corrected chi connectivity index (χ2v) is 10.7. The van der Waals surface area contributed by atoms with Crippen molar-refractivity contribution in [3.05, 3.63) is 154 Å². The smallest absolute Gasteiger partial charge is 0.230 e. The number of nitrogens with zero attached hydrogens (tertiary/aromatic N) is 3. The molecule has 0 unspecified atom stereocenters. The molecule has 4 rings (SSSR count). The highest BCUT2D eigenvalue weighted by molar-refractivity contribution is 5.19. The van der Waals surface area contributed by atoms with Gasteiger partial charge in [-0.15, -0.1) is 0 Å². The third-order valence-electron chi connectivity index (χ3n) is 7.43. The molecule has 0 aromatic heterocycles. The SMILES string of the molecule is O=[N+]([O-])C[C@@H](O)[C@H](CCCCN(Cc1ccccc1)Cc1ccccc1)N(Cc1ccccc1)Cc1ccccc1. The molecule has 0 radical (unpaired) electrons. The predicted molar refractivity (Wildman–Crippen MR) is 165 cm³/mol. The summed E-state index contributed by atoms with van der Waals surface area (Å²) in [5.74, 6) is 0. The summed E-state index contributed by atoms with van der Waals surface area (Å²) in [6.07, 6.45) is 1.42. The summed E-state index contributed by atoms with van der Waals surface area (Å²) >= 11 is 0. The molecule has 0 amide bonds. The van der Waals surface area contributed by atoms with Gasteiger partial charge in [0.25, 0.3) is 0 Å². The number of aliphatic hydroxyl groups excluding tert-OH is 1. The number of aliphatic hydroxyl groups is 1. The Labute approximate surface area is 244 Å². The summed E-state index contributed by atoms with van der Waals surface area (Å²) in [7, 11) is 0. The second kappa shape index (κ2) is 16.4. The fourth-order valence-corrected chi connectivity index (χ4v) is 5.41. The molecule has 6 heteroatoms. The Kier molecular flexibility index (Phi) is 12.1. The van der Waals surface area contributed by atoms with Gasteiger partial charge < -0.3 is 5.11 Å². The fraction of sp³-hybridized carbons (Fsp3) is 0.314. The van der Waals surface area contributed by atoms with Gasteiger partial charge in [-0.25, -0.2) is 0 Å². The zero-order chi connectivity index (χ0) is 28.7. The molecule has 0 saturated carbocycles. The van der Waals surface area contributed by atoms with Crippen molar-refractivity contribution in [3.63, 3.8) is 0 Å². The first-order valence-corrected chi connectivity index (χ1v) is 14.5. The minimum absolute atomic E-state index is 0.336. The Bertz CT molecular complexity index is 1190. The van der Waals surface area contributed by atoms with Crippen LogP contribution in [0.1, 0.15) is 41.5 Å². The van der Waals surface area contributed by atoms with Crippen LogP contribution in [0, 0.1) is 10.1 Å². The van der Waals surface area contributed by atoms with E-state index in [1.54, 1.807) is 0 Å². The molecule has 0 bridgehead atoms. The number of hydrogen-bond donors (Lipinski definition) is 1. The van der Waals surface area contributed by atoms with E-state index in [2.05, 4.69) is 82.6 Å². The normalized spacial score (nSPS) is 12.9. The van der Waals surface area contributed by atoms with Crippen LogP contribution >= 0.6 is 0 Å². The number of hydrogen-bond acceptors (Lipinski definition) is 5. The molecule has 214 valence electrons. The monoisotopic (exact) mass is 551 g/mol. The van der Waals surface area contributed by atoms with Crippen molar-refractivity contribution < 1.29 is 10.0 Å². The van der Waals surface area contributed by atoms with E-state index < -0.39 is 17.6 Å². The van der Waals surface area contributed by atoms with Crippen LogP contribution in [0.5, 0.6) is 0 Å². The summed E-state index contributed by atoms with van der Waals surface area (Å²) in [4.78, 5) is 15.7. The van der Waals surface area contributed by atoms with Gasteiger partial charge in [-0.3, -0.25) is 19.9 Å². The lowest BCUT2D eigenvalue weighted by Gasteiger charge is -2.34. The lowest BCUT2D eigenvalue weighted by Crippen LogP contribution is -2.46. The first-order chi connectivity index (χ1) is 20.1. The van der Waals surface area contributed by atoms with E-state index in [-0.39, 0.29) is 6.04 Å². The van der Waals surface area contributed by atoms with Crippen LogP contribution in [-0.4, -0.2) is 45.1 Å². The van der Waals surface area contributed by atoms with Crippen molar-refractivity contribution in [2.45, 2.75) is 57.6 Å². The van der Waals surface area contributed by atoms with Crippen LogP contribution in [0.2, 0.25) is 0 Å². The summed E-state index contributed by atoms with van der Waals surface area (Å²) in [6.45, 7) is 3.39. The topological polar surface area (TPSA) is 69.8 Å². The van der Waals surface area contributed by atoms with E-state index in [0.29, 0.717) is 19.5 Å². The average Bonchev–Trinajstić information content (AvgIpc) is 2.98. The number of nitro groups is 1. The Morgan fingerprint density at radius 2 is 1.00 bits per heavy atom. The summed E-state index contributed by atoms with van der Waals surface area (Å²) in [5.41, 5.74) is 4.80. The van der Waals surface area contributed by atoms with E-state index in [0.717, 1.165) is 43.6 Å². The van der Waals surface area contributed by atoms with Crippen molar-refractivity contribution >= 4 is 0 Å². The molecule has 0 fully saturated rings. The number of unbranched alkanes of at least 4 members (excludes halogenated alkanes) is 1. The largest absolute Gasteiger partial charge is 0.385 e. The van der Waals surface area contributed by atoms with Crippen LogP contribution in [0.25, 0.3) is 0 Å². The van der Waals surface area contributed by atoms with Gasteiger partial charge in [0.15, 0.2) is 0 Å². The van der Waals surface area contributed by atoms with Gasteiger partial charge in [-0.1, -0.05) is 128 Å². The van der Waals surface area contributed by atoms with Gasteiger partial charge in [0, 0.05) is 37.1 Å². The summed E-state index contributed by atoms with van der Waals surface area (Å²) in [5, 5.41) is 22.6. The Morgan fingerprint density at radius 3 is 1.39 bits per heavy atom. The minimum Gasteiger partial charge on any atom is -0.385 e. The van der Waals surface area contributed by atoms with Gasteiger partial charge >= 0.3 is 0 Å². The second-order valence-electron chi connectivity index (χ2n) is 10.7. The van der Waals surface area contributed by atoms with E-state index in [1.165, 1.54) is 11.1 Å². The first-order valence-electron chi connectivity index (χ1n) is 14.5. The highest BCUT2D eigenvalue weighted by atomic mass is 16.6. The predicted octanol–water partition coefficient (Wildman–Crippen LogP) is 6.57. The maximum absolute atomic E-state index is 11.4. The molecular formula is C35H41N3O3. The molecule has 0 aliphatic heterocycles. The molecule has 0 saturated heterocycles. The quantitative estimate of drug-likeness (QED) is 0.0913. The fourth-order valence-electron chi connectivity index (χ4n) is 5.41. The number of rotatable bonds is 17. The third-order valence-corrected chi connectivity index (χ3v) is 7.43. The van der Waals surface area contributed by atoms with Crippen molar-refractivity contribution in [2.24, 2.45) is 0 Å². The molecular weight excluding hydrogens is 510 g/mol. The maximum atomic E-state index is 11.4. The summed E-state index contributed by atoms with van der Waals surface area (Å²) in [6, 6.07) is 41.0. The highest BCUT2D eigenvalue weighted by Crippen LogP contribution is 2.21. The number of benzene rings is 4. The van der Waals surface area contributed by atoms with Gasteiger partial charge in [0.1, 0.15) is 6.10 Å². The molecule has 6 nitrogen and oxygen atoms in total. The van der Waals surface area contributed by atoms with E-state index in [4.69, 9.17) is 0 Å². The molecule has 2 atom stereocenters. The van der Waals surface area contributed by atoms with Crippen LogP contribution in [0.3, 0.4) is 0 Å². The van der Waals surface area contributed by atoms with E-state index in [9.17, 15) is 15.2 Å². The van der Waals surface area contributed by atoms with Crippen LogP contribution in [0.4, 0.5) is 0 Å². The summed E-state index contributed by atoms with van der Waals surface area (Å²) < 4.78 is 0. The zero-order valence-corrected chi connectivity index (χ0v) is 23.7. The lowest BCUT2D eigenvalue weighted by atomic mass is 9.99. The van der Waals surface area contributed by atoms with Gasteiger partial charge in [0.05, 0.1) is 0 Å². The first kappa shape index (κ1) is 30.1. The lowest BCUT2D eigenvalue weighted by molar-refractivity contribution is -0.492. The maximum Gasteiger partial charge on any atom is 0.230 e. The Hall–Kier alpha value is -3.84. The van der Waals surface area contributed by atoms with Crippen LogP contribution in [0.15, 0.2) is 121 Å². The molecule has 0 heterocycles. The Balaban J connectivity index is 1.46. The zero-order valence-electron chi connectivity index (χ0n) is 23.7. The Morgan fingerprint density at radius 1 is 0.610 bits per heavy atom. The van der Waals surface area contributed by atoms with Gasteiger partial charge in [-0.2, -0.15) is 0 Å². The van der Waals surface area contributed by atoms with E-state index in [1.807, 2.05) is 48.5 Å². The van der Waals surface area contributed by atoms with Crippen molar-refractivity contribution in [3.8, 4) is 0 Å². The van der Waals surface area contributed by atoms with Gasteiger partial charge in [-0.05, 0) is 41.6 Å². The molecule has 0 spiro atoms. The van der Waals surface area contributed by atoms with Crippen LogP contribution in [-0.2, 0) is 26.2 Å². The highest BCUT2D eigenvalue weighted by Gasteiger charge is 2.29. The van der Waals surface area contributed by atoms with Crippen molar-refractivity contribution in [1.82, 2.24) is 9.80 Å². The molecule has 4 aromatic carbocycles. The van der Waals surface area contributed by atoms with Crippen LogP contribution < -0.4 is 0 Å². The standard InChI is InChI=1S/C35H41N3O3/c39-35(29-38(40)41)34(37(27-32-19-9-3-10-20-32)28-33-21-11-4-12-22-33)23-13-14-24-36(25-30-15-5-1-6-16-30)26-31-17-7-2-8-18-31/h1-12,15-22,34-35,39H,13-14,23-29H2/t34-,35+/m0/s1. The minimum atomic E-state index is -1.05. The third kappa shape index (κ3) is 10.6. The van der Waals surface area contributed by atoms with Gasteiger partial charge in [0.2, 0.25) is 6.54 Å². The van der Waals surface area contributed by atoms with Crippen molar-refractivity contribution in [2.75, 3.05) is 13.1 Å². The molecule has 41 heavy (non-hydrogen) atoms.